The summed E-state index contributed by atoms with van der Waals surface area (Å²) >= 11 is 1.18. The summed E-state index contributed by atoms with van der Waals surface area (Å²) in [5.41, 5.74) is 1.00. The molecule has 1 heterocycles. The van der Waals surface area contributed by atoms with Crippen LogP contribution in [0.25, 0.3) is 0 Å². The Morgan fingerprint density at radius 1 is 1.43 bits per heavy atom. The molecule has 1 N–H and O–H groups in total. The Bertz CT molecular complexity index is 574. The van der Waals surface area contributed by atoms with E-state index in [-0.39, 0.29) is 13.0 Å². The van der Waals surface area contributed by atoms with E-state index in [1.807, 2.05) is 6.92 Å². The lowest BCUT2D eigenvalue weighted by atomic mass is 10.1. The van der Waals surface area contributed by atoms with Crippen molar-refractivity contribution in [3.63, 3.8) is 0 Å². The highest BCUT2D eigenvalue weighted by molar-refractivity contribution is 7.18. The summed E-state index contributed by atoms with van der Waals surface area (Å²) in [4.78, 5) is 24.8. The van der Waals surface area contributed by atoms with Crippen LogP contribution in [0.4, 0.5) is 5.00 Å². The number of anilines is 1. The van der Waals surface area contributed by atoms with Crippen LogP contribution in [-0.2, 0) is 9.53 Å². The molecule has 0 aliphatic rings. The van der Waals surface area contributed by atoms with Crippen LogP contribution in [0.5, 0.6) is 0 Å². The van der Waals surface area contributed by atoms with Gasteiger partial charge in [0, 0.05) is 13.1 Å². The van der Waals surface area contributed by atoms with Gasteiger partial charge in [0.15, 0.2) is 0 Å². The summed E-state index contributed by atoms with van der Waals surface area (Å²) in [6.07, 6.45) is -0.0234. The third-order valence-electron chi connectivity index (χ3n) is 2.97. The van der Waals surface area contributed by atoms with Crippen molar-refractivity contribution in [2.24, 2.45) is 0 Å². The lowest BCUT2D eigenvalue weighted by Gasteiger charge is -2.20. The molecule has 0 aliphatic carbocycles. The van der Waals surface area contributed by atoms with Gasteiger partial charge in [0.05, 0.1) is 18.6 Å². The molecule has 0 saturated carbocycles. The predicted molar refractivity (Wildman–Crippen MR) is 79.9 cm³/mol. The summed E-state index contributed by atoms with van der Waals surface area (Å²) in [6.45, 7) is 6.42. The fourth-order valence-electron chi connectivity index (χ4n) is 1.88. The number of nitriles is 1. The molecular formula is C14H18N2O4S. The van der Waals surface area contributed by atoms with Crippen LogP contribution in [0.1, 0.15) is 41.1 Å². The molecule has 1 rings (SSSR count). The van der Waals surface area contributed by atoms with E-state index in [1.54, 1.807) is 18.7 Å². The fraction of sp³-hybridized carbons (Fsp3) is 0.500. The number of nitrogens with zero attached hydrogens (tertiary/aromatic N) is 2. The summed E-state index contributed by atoms with van der Waals surface area (Å²) < 4.78 is 4.98. The van der Waals surface area contributed by atoms with Gasteiger partial charge in [-0.25, -0.2) is 4.79 Å². The van der Waals surface area contributed by atoms with Crippen molar-refractivity contribution in [1.82, 2.24) is 0 Å². The zero-order valence-electron chi connectivity index (χ0n) is 12.3. The first-order chi connectivity index (χ1) is 9.96. The number of ether oxygens (including phenoxy) is 1. The Kier molecular flexibility index (Phi) is 6.18. The molecule has 0 radical (unpaired) electrons. The number of hydrogen-bond donors (Lipinski definition) is 1. The topological polar surface area (TPSA) is 90.6 Å². The lowest BCUT2D eigenvalue weighted by Crippen LogP contribution is -2.25. The first kappa shape index (κ1) is 17.0. The minimum atomic E-state index is -0.897. The van der Waals surface area contributed by atoms with Gasteiger partial charge in [-0.1, -0.05) is 0 Å². The first-order valence-corrected chi connectivity index (χ1v) is 7.45. The summed E-state index contributed by atoms with van der Waals surface area (Å²) in [5, 5.41) is 18.7. The second kappa shape index (κ2) is 7.64. The van der Waals surface area contributed by atoms with Crippen molar-refractivity contribution in [3.8, 4) is 6.07 Å². The van der Waals surface area contributed by atoms with E-state index >= 15 is 0 Å². The molecule has 0 unspecified atom stereocenters. The molecule has 0 spiro atoms. The molecule has 0 amide bonds. The molecule has 7 heteroatoms. The molecule has 6 nitrogen and oxygen atoms in total. The van der Waals surface area contributed by atoms with Crippen LogP contribution in [0.3, 0.4) is 0 Å². The second-order valence-corrected chi connectivity index (χ2v) is 5.29. The number of carboxylic acid groups (broad SMARTS) is 1. The van der Waals surface area contributed by atoms with Crippen LogP contribution in [-0.4, -0.2) is 36.7 Å². The predicted octanol–water partition coefficient (Wildman–Crippen LogP) is 2.41. The molecule has 0 fully saturated rings. The lowest BCUT2D eigenvalue weighted by molar-refractivity contribution is -0.136. The molecule has 114 valence electrons. The SMILES string of the molecule is CCOC(=O)c1sc(N(CC)CCC(=O)O)c(C#N)c1C. The zero-order valence-corrected chi connectivity index (χ0v) is 13.1. The van der Waals surface area contributed by atoms with E-state index in [1.165, 1.54) is 11.3 Å². The van der Waals surface area contributed by atoms with Crippen molar-refractivity contribution in [1.29, 1.82) is 5.26 Å². The number of carbonyl (C=O) groups excluding carboxylic acids is 1. The molecule has 1 aromatic heterocycles. The Labute approximate surface area is 127 Å². The van der Waals surface area contributed by atoms with E-state index in [0.717, 1.165) is 0 Å². The van der Waals surface area contributed by atoms with Crippen LogP contribution in [0.15, 0.2) is 0 Å². The second-order valence-electron chi connectivity index (χ2n) is 4.29. The van der Waals surface area contributed by atoms with E-state index in [4.69, 9.17) is 9.84 Å². The van der Waals surface area contributed by atoms with Crippen molar-refractivity contribution >= 4 is 28.3 Å². The highest BCUT2D eigenvalue weighted by atomic mass is 32.1. The molecule has 1 aromatic rings. The van der Waals surface area contributed by atoms with Crippen LogP contribution < -0.4 is 4.90 Å². The quantitative estimate of drug-likeness (QED) is 0.778. The molecule has 21 heavy (non-hydrogen) atoms. The van der Waals surface area contributed by atoms with Gasteiger partial charge in [0.25, 0.3) is 0 Å². The fourth-order valence-corrected chi connectivity index (χ4v) is 3.12. The van der Waals surface area contributed by atoms with Gasteiger partial charge in [-0.2, -0.15) is 5.26 Å². The van der Waals surface area contributed by atoms with Gasteiger partial charge < -0.3 is 14.7 Å². The number of thiophene rings is 1. The summed E-state index contributed by atoms with van der Waals surface area (Å²) in [7, 11) is 0. The number of rotatable bonds is 7. The molecule has 0 bridgehead atoms. The number of aliphatic carboxylic acids is 1. The van der Waals surface area contributed by atoms with Gasteiger partial charge in [-0.3, -0.25) is 4.79 Å². The average molecular weight is 310 g/mol. The van der Waals surface area contributed by atoms with E-state index in [2.05, 4.69) is 6.07 Å². The summed E-state index contributed by atoms with van der Waals surface area (Å²) in [5.74, 6) is -1.34. The standard InChI is InChI=1S/C14H18N2O4S/c1-4-16(7-6-11(17)18)13-10(8-15)9(3)12(21-13)14(19)20-5-2/h4-7H2,1-3H3,(H,17,18). The zero-order chi connectivity index (χ0) is 16.0. The van der Waals surface area contributed by atoms with E-state index in [9.17, 15) is 14.9 Å². The van der Waals surface area contributed by atoms with Crippen molar-refractivity contribution in [3.05, 3.63) is 16.0 Å². The largest absolute Gasteiger partial charge is 0.481 e. The molecule has 0 atom stereocenters. The maximum Gasteiger partial charge on any atom is 0.348 e. The van der Waals surface area contributed by atoms with Crippen LogP contribution in [0.2, 0.25) is 0 Å². The number of carboxylic acids is 1. The van der Waals surface area contributed by atoms with Crippen LogP contribution in [0, 0.1) is 18.3 Å². The molecule has 0 saturated heterocycles. The van der Waals surface area contributed by atoms with Crippen molar-refractivity contribution in [2.45, 2.75) is 27.2 Å². The van der Waals surface area contributed by atoms with Gasteiger partial charge >= 0.3 is 11.9 Å². The van der Waals surface area contributed by atoms with Gasteiger partial charge in [0.1, 0.15) is 15.9 Å². The van der Waals surface area contributed by atoms with Crippen molar-refractivity contribution < 1.29 is 19.4 Å². The van der Waals surface area contributed by atoms with E-state index in [0.29, 0.717) is 34.1 Å². The van der Waals surface area contributed by atoms with Crippen LogP contribution >= 0.6 is 11.3 Å². The summed E-state index contributed by atoms with van der Waals surface area (Å²) in [6, 6.07) is 2.10. The third-order valence-corrected chi connectivity index (χ3v) is 4.30. The smallest absolute Gasteiger partial charge is 0.348 e. The minimum Gasteiger partial charge on any atom is -0.481 e. The Morgan fingerprint density at radius 3 is 2.57 bits per heavy atom. The number of hydrogen-bond acceptors (Lipinski definition) is 6. The highest BCUT2D eigenvalue weighted by Crippen LogP contribution is 2.35. The number of esters is 1. The maximum atomic E-state index is 11.9. The Morgan fingerprint density at radius 2 is 2.10 bits per heavy atom. The van der Waals surface area contributed by atoms with E-state index < -0.39 is 11.9 Å². The Balaban J connectivity index is 3.16. The third kappa shape index (κ3) is 3.95. The van der Waals surface area contributed by atoms with Crippen molar-refractivity contribution in [2.75, 3.05) is 24.6 Å². The molecule has 0 aliphatic heterocycles. The average Bonchev–Trinajstić information content (AvgIpc) is 2.76. The van der Waals surface area contributed by atoms with Gasteiger partial charge in [-0.05, 0) is 26.3 Å². The maximum absolute atomic E-state index is 11.9. The minimum absolute atomic E-state index is 0.0234. The normalized spacial score (nSPS) is 10.0. The number of carbonyl (C=O) groups is 2. The van der Waals surface area contributed by atoms with Gasteiger partial charge in [-0.15, -0.1) is 11.3 Å². The Hall–Kier alpha value is -2.07. The monoisotopic (exact) mass is 310 g/mol. The van der Waals surface area contributed by atoms with Gasteiger partial charge in [0.2, 0.25) is 0 Å². The first-order valence-electron chi connectivity index (χ1n) is 6.63. The molecular weight excluding hydrogens is 292 g/mol. The highest BCUT2D eigenvalue weighted by Gasteiger charge is 2.24. The molecule has 0 aromatic carbocycles.